The summed E-state index contributed by atoms with van der Waals surface area (Å²) in [6.07, 6.45) is 3.98. The Kier molecular flexibility index (Phi) is 2.57. The molecule has 1 unspecified atom stereocenters. The van der Waals surface area contributed by atoms with Crippen LogP contribution in [0.4, 0.5) is 4.39 Å². The molecule has 0 saturated heterocycles. The van der Waals surface area contributed by atoms with Crippen molar-refractivity contribution in [2.45, 2.75) is 18.9 Å². The van der Waals surface area contributed by atoms with Crippen molar-refractivity contribution in [3.63, 3.8) is 0 Å². The standard InChI is InChI=1S/C13H11FN2/c1-13(8-2-3-9-15)12(16-13)10-4-6-11(14)7-5-10/h2-7H,8H2,1H3/b3-2+. The van der Waals surface area contributed by atoms with Gasteiger partial charge in [0.2, 0.25) is 0 Å². The smallest absolute Gasteiger partial charge is 0.123 e. The molecule has 1 aliphatic rings. The van der Waals surface area contributed by atoms with Gasteiger partial charge in [-0.2, -0.15) is 5.26 Å². The van der Waals surface area contributed by atoms with Crippen LogP contribution in [0.5, 0.6) is 0 Å². The lowest BCUT2D eigenvalue weighted by Crippen LogP contribution is -2.13. The molecule has 0 fully saturated rings. The van der Waals surface area contributed by atoms with Gasteiger partial charge in [-0.1, -0.05) is 18.2 Å². The number of nitrogens with zero attached hydrogens (tertiary/aromatic N) is 2. The average molecular weight is 214 g/mol. The molecule has 1 aromatic carbocycles. The van der Waals surface area contributed by atoms with Crippen LogP contribution in [0.1, 0.15) is 18.9 Å². The lowest BCUT2D eigenvalue weighted by molar-refractivity contribution is 0.627. The lowest BCUT2D eigenvalue weighted by atomic mass is 9.97. The SMILES string of the molecule is CC1(C/C=C/C#N)N=C1c1ccc(F)cc1. The highest BCUT2D eigenvalue weighted by Gasteiger charge is 2.41. The predicted molar refractivity (Wildman–Crippen MR) is 60.7 cm³/mol. The molecule has 1 atom stereocenters. The van der Waals surface area contributed by atoms with E-state index in [2.05, 4.69) is 4.99 Å². The summed E-state index contributed by atoms with van der Waals surface area (Å²) in [4.78, 5) is 4.39. The Morgan fingerprint density at radius 2 is 2.12 bits per heavy atom. The van der Waals surface area contributed by atoms with Crippen molar-refractivity contribution in [3.05, 3.63) is 47.8 Å². The minimum Gasteiger partial charge on any atom is -0.273 e. The van der Waals surface area contributed by atoms with Crippen LogP contribution in [-0.4, -0.2) is 11.3 Å². The highest BCUT2D eigenvalue weighted by molar-refractivity contribution is 6.16. The first-order valence-corrected chi connectivity index (χ1v) is 5.06. The maximum atomic E-state index is 12.7. The number of benzene rings is 1. The molecule has 16 heavy (non-hydrogen) atoms. The molecule has 3 heteroatoms. The molecule has 2 nitrogen and oxygen atoms in total. The largest absolute Gasteiger partial charge is 0.273 e. The van der Waals surface area contributed by atoms with Gasteiger partial charge in [-0.25, -0.2) is 4.39 Å². The first kappa shape index (κ1) is 10.6. The quantitative estimate of drug-likeness (QED) is 0.712. The van der Waals surface area contributed by atoms with E-state index in [0.717, 1.165) is 11.3 Å². The molecular weight excluding hydrogens is 203 g/mol. The first-order valence-electron chi connectivity index (χ1n) is 5.06. The molecule has 1 aromatic rings. The Bertz CT molecular complexity index is 494. The predicted octanol–water partition coefficient (Wildman–Crippen LogP) is 2.86. The fraction of sp³-hybridized carbons (Fsp3) is 0.231. The van der Waals surface area contributed by atoms with Crippen molar-refractivity contribution in [1.29, 1.82) is 5.26 Å². The molecule has 1 aliphatic heterocycles. The van der Waals surface area contributed by atoms with Gasteiger partial charge in [0.25, 0.3) is 0 Å². The van der Waals surface area contributed by atoms with Crippen molar-refractivity contribution in [3.8, 4) is 6.07 Å². The number of rotatable bonds is 3. The maximum Gasteiger partial charge on any atom is 0.123 e. The van der Waals surface area contributed by atoms with Crippen molar-refractivity contribution in [1.82, 2.24) is 0 Å². The van der Waals surface area contributed by atoms with E-state index in [9.17, 15) is 4.39 Å². The Morgan fingerprint density at radius 3 is 2.75 bits per heavy atom. The van der Waals surface area contributed by atoms with E-state index in [0.29, 0.717) is 6.42 Å². The fourth-order valence-electron chi connectivity index (χ4n) is 1.69. The van der Waals surface area contributed by atoms with Crippen LogP contribution >= 0.6 is 0 Å². The molecular formula is C13H11FN2. The molecule has 1 heterocycles. The van der Waals surface area contributed by atoms with E-state index in [1.165, 1.54) is 18.2 Å². The Hall–Kier alpha value is -1.95. The summed E-state index contributed by atoms with van der Waals surface area (Å²) in [5.74, 6) is -0.240. The van der Waals surface area contributed by atoms with Gasteiger partial charge >= 0.3 is 0 Å². The lowest BCUT2D eigenvalue weighted by Gasteiger charge is -2.04. The molecule has 80 valence electrons. The van der Waals surface area contributed by atoms with Gasteiger partial charge < -0.3 is 0 Å². The van der Waals surface area contributed by atoms with Crippen LogP contribution in [0.15, 0.2) is 41.4 Å². The normalized spacial score (nSPS) is 22.9. The van der Waals surface area contributed by atoms with Crippen molar-refractivity contribution in [2.75, 3.05) is 0 Å². The summed E-state index contributed by atoms with van der Waals surface area (Å²) < 4.78 is 12.7. The molecule has 0 bridgehead atoms. The summed E-state index contributed by atoms with van der Waals surface area (Å²) in [5.41, 5.74) is 1.73. The van der Waals surface area contributed by atoms with Gasteiger partial charge in [-0.05, 0) is 31.0 Å². The third kappa shape index (κ3) is 2.01. The number of nitriles is 1. The molecule has 0 N–H and O–H groups in total. The summed E-state index contributed by atoms with van der Waals surface area (Å²) in [6.45, 7) is 2.01. The van der Waals surface area contributed by atoms with E-state index in [4.69, 9.17) is 5.26 Å². The Balaban J connectivity index is 2.05. The summed E-state index contributed by atoms with van der Waals surface area (Å²) in [5, 5.41) is 8.38. The summed E-state index contributed by atoms with van der Waals surface area (Å²) in [6, 6.07) is 8.27. The number of hydrogen-bond acceptors (Lipinski definition) is 2. The summed E-state index contributed by atoms with van der Waals surface area (Å²) in [7, 11) is 0. The van der Waals surface area contributed by atoms with Gasteiger partial charge in [0, 0.05) is 6.08 Å². The second kappa shape index (κ2) is 3.90. The highest BCUT2D eigenvalue weighted by atomic mass is 19.1. The second-order valence-corrected chi connectivity index (χ2v) is 3.98. The van der Waals surface area contributed by atoms with Gasteiger partial charge in [0.1, 0.15) is 11.4 Å². The minimum absolute atomic E-state index is 0.203. The zero-order valence-corrected chi connectivity index (χ0v) is 8.94. The maximum absolute atomic E-state index is 12.7. The summed E-state index contributed by atoms with van der Waals surface area (Å²) >= 11 is 0. The molecule has 0 radical (unpaired) electrons. The molecule has 0 saturated carbocycles. The van der Waals surface area contributed by atoms with Crippen LogP contribution < -0.4 is 0 Å². The molecule has 0 spiro atoms. The van der Waals surface area contributed by atoms with Crippen LogP contribution in [0.2, 0.25) is 0 Å². The Labute approximate surface area is 93.7 Å². The van der Waals surface area contributed by atoms with E-state index >= 15 is 0 Å². The van der Waals surface area contributed by atoms with E-state index in [1.807, 2.05) is 13.0 Å². The third-order valence-electron chi connectivity index (χ3n) is 2.64. The molecule has 0 aromatic heterocycles. The third-order valence-corrected chi connectivity index (χ3v) is 2.64. The number of allylic oxidation sites excluding steroid dienone is 1. The van der Waals surface area contributed by atoms with Crippen LogP contribution in [0.3, 0.4) is 0 Å². The van der Waals surface area contributed by atoms with Crippen molar-refractivity contribution >= 4 is 5.71 Å². The molecule has 0 aliphatic carbocycles. The van der Waals surface area contributed by atoms with Crippen molar-refractivity contribution < 1.29 is 4.39 Å². The number of halogens is 1. The number of hydrogen-bond donors (Lipinski definition) is 0. The number of aliphatic imine (C=N–C) groups is 1. The zero-order chi connectivity index (χ0) is 11.6. The van der Waals surface area contributed by atoms with Gasteiger partial charge in [0.05, 0.1) is 11.8 Å². The fourth-order valence-corrected chi connectivity index (χ4v) is 1.69. The van der Waals surface area contributed by atoms with Gasteiger partial charge in [0.15, 0.2) is 0 Å². The van der Waals surface area contributed by atoms with Crippen molar-refractivity contribution in [2.24, 2.45) is 4.99 Å². The molecule has 0 amide bonds. The highest BCUT2D eigenvalue weighted by Crippen LogP contribution is 2.35. The van der Waals surface area contributed by atoms with Crippen LogP contribution in [0, 0.1) is 17.1 Å². The van der Waals surface area contributed by atoms with E-state index < -0.39 is 0 Å². The molecule has 2 rings (SSSR count). The van der Waals surface area contributed by atoms with Gasteiger partial charge in [-0.3, -0.25) is 4.99 Å². The first-order chi connectivity index (χ1) is 7.65. The zero-order valence-electron chi connectivity index (χ0n) is 8.94. The average Bonchev–Trinajstić information content (AvgIpc) is 2.92. The van der Waals surface area contributed by atoms with Gasteiger partial charge in [-0.15, -0.1) is 0 Å². The topological polar surface area (TPSA) is 36.1 Å². The minimum atomic E-state index is -0.240. The Morgan fingerprint density at radius 1 is 1.44 bits per heavy atom. The monoisotopic (exact) mass is 214 g/mol. The van der Waals surface area contributed by atoms with Crippen LogP contribution in [-0.2, 0) is 0 Å². The second-order valence-electron chi connectivity index (χ2n) is 3.98. The van der Waals surface area contributed by atoms with E-state index in [-0.39, 0.29) is 11.4 Å². The van der Waals surface area contributed by atoms with Crippen LogP contribution in [0.25, 0.3) is 0 Å². The van der Waals surface area contributed by atoms with E-state index in [1.54, 1.807) is 18.2 Å².